The number of amides is 1. The van der Waals surface area contributed by atoms with Crippen LogP contribution in [0.15, 0.2) is 36.7 Å². The van der Waals surface area contributed by atoms with Gasteiger partial charge in [0.2, 0.25) is 11.8 Å². The first-order valence-corrected chi connectivity index (χ1v) is 10.8. The lowest BCUT2D eigenvalue weighted by molar-refractivity contribution is -0.138. The zero-order valence-corrected chi connectivity index (χ0v) is 18.4. The molecule has 1 aliphatic carbocycles. The Morgan fingerprint density at radius 2 is 2.03 bits per heavy atom. The van der Waals surface area contributed by atoms with Gasteiger partial charge < -0.3 is 20.4 Å². The van der Waals surface area contributed by atoms with E-state index >= 15 is 0 Å². The minimum atomic E-state index is -4.65. The van der Waals surface area contributed by atoms with Gasteiger partial charge in [0.25, 0.3) is 0 Å². The number of rotatable bonds is 6. The summed E-state index contributed by atoms with van der Waals surface area (Å²) in [5, 5.41) is 11.1. The van der Waals surface area contributed by atoms with Crippen LogP contribution in [0.4, 0.5) is 18.9 Å². The Balaban J connectivity index is 1.88. The minimum absolute atomic E-state index is 0.0523. The highest BCUT2D eigenvalue weighted by Gasteiger charge is 2.36. The van der Waals surface area contributed by atoms with Crippen LogP contribution < -0.4 is 15.0 Å². The third-order valence-electron chi connectivity index (χ3n) is 5.88. The number of halogens is 3. The first-order valence-electron chi connectivity index (χ1n) is 10.8. The van der Waals surface area contributed by atoms with Gasteiger partial charge in [-0.3, -0.25) is 4.79 Å². The van der Waals surface area contributed by atoms with Crippen LogP contribution in [0.25, 0.3) is 5.57 Å². The Kier molecular flexibility index (Phi) is 6.14. The van der Waals surface area contributed by atoms with Gasteiger partial charge in [-0.05, 0) is 56.9 Å². The van der Waals surface area contributed by atoms with Crippen LogP contribution in [-0.2, 0) is 17.4 Å². The monoisotopic (exact) mass is 458 g/mol. The average Bonchev–Trinajstić information content (AvgIpc) is 3.59. The number of anilines is 1. The summed E-state index contributed by atoms with van der Waals surface area (Å²) in [6.45, 7) is 3.39. The van der Waals surface area contributed by atoms with Crippen molar-refractivity contribution in [2.24, 2.45) is 0 Å². The summed E-state index contributed by atoms with van der Waals surface area (Å²) >= 11 is 0. The van der Waals surface area contributed by atoms with Crippen LogP contribution in [-0.4, -0.2) is 29.2 Å². The fourth-order valence-electron chi connectivity index (χ4n) is 4.07. The van der Waals surface area contributed by atoms with Crippen molar-refractivity contribution in [1.82, 2.24) is 10.3 Å². The molecule has 1 aromatic carbocycles. The smallest absolute Gasteiger partial charge is 0.421 e. The molecular formula is C24H25F3N4O2. The number of nitrogens with one attached hydrogen (secondary N) is 2. The van der Waals surface area contributed by atoms with Gasteiger partial charge in [-0.15, -0.1) is 0 Å². The number of carbonyl (C=O) groups is 1. The van der Waals surface area contributed by atoms with Crippen LogP contribution in [0.3, 0.4) is 0 Å². The summed E-state index contributed by atoms with van der Waals surface area (Å²) in [4.78, 5) is 17.8. The summed E-state index contributed by atoms with van der Waals surface area (Å²) in [5.41, 5.74) is 1.17. The van der Waals surface area contributed by atoms with Gasteiger partial charge in [0, 0.05) is 54.3 Å². The second-order valence-electron chi connectivity index (χ2n) is 8.36. The number of hydrogen-bond acceptors (Lipinski definition) is 5. The third-order valence-corrected chi connectivity index (χ3v) is 5.88. The summed E-state index contributed by atoms with van der Waals surface area (Å²) in [7, 11) is 0. The molecule has 4 rings (SSSR count). The number of ether oxygens (including phenoxy) is 1. The zero-order chi connectivity index (χ0) is 23.8. The van der Waals surface area contributed by atoms with E-state index in [9.17, 15) is 18.0 Å². The Bertz CT molecular complexity index is 1110. The molecule has 0 radical (unpaired) electrons. The van der Waals surface area contributed by atoms with Gasteiger partial charge in [0.15, 0.2) is 0 Å². The summed E-state index contributed by atoms with van der Waals surface area (Å²) in [6.07, 6.45) is 2.63. The molecule has 0 spiro atoms. The molecule has 1 unspecified atom stereocenters. The van der Waals surface area contributed by atoms with Gasteiger partial charge in [-0.25, -0.2) is 4.98 Å². The fraction of sp³-hybridized carbons (Fsp3) is 0.375. The van der Waals surface area contributed by atoms with Crippen LogP contribution in [0.2, 0.25) is 0 Å². The number of carbonyl (C=O) groups excluding carboxylic acids is 1. The van der Waals surface area contributed by atoms with Crippen molar-refractivity contribution in [2.45, 2.75) is 57.8 Å². The van der Waals surface area contributed by atoms with Crippen molar-refractivity contribution >= 4 is 23.4 Å². The second kappa shape index (κ2) is 8.88. The molecule has 2 heterocycles. The molecule has 1 aliphatic heterocycles. The fourth-order valence-corrected chi connectivity index (χ4v) is 4.07. The lowest BCUT2D eigenvalue weighted by atomic mass is 9.91. The molecule has 9 heteroatoms. The number of nitrogens with zero attached hydrogens (tertiary/aromatic N) is 2. The minimum Gasteiger partial charge on any atom is -0.437 e. The molecule has 6 nitrogen and oxygen atoms in total. The van der Waals surface area contributed by atoms with Crippen molar-refractivity contribution in [1.29, 1.82) is 5.41 Å². The topological polar surface area (TPSA) is 78.3 Å². The Labute approximate surface area is 190 Å². The molecule has 174 valence electrons. The quantitative estimate of drug-likeness (QED) is 0.574. The Hall–Kier alpha value is -3.36. The van der Waals surface area contributed by atoms with E-state index in [2.05, 4.69) is 10.3 Å². The van der Waals surface area contributed by atoms with Crippen LogP contribution >= 0.6 is 0 Å². The van der Waals surface area contributed by atoms with Crippen molar-refractivity contribution in [3.63, 3.8) is 0 Å². The number of allylic oxidation sites excluding steroid dienone is 1. The molecule has 1 atom stereocenters. The van der Waals surface area contributed by atoms with Crippen molar-refractivity contribution < 1.29 is 22.7 Å². The van der Waals surface area contributed by atoms with Gasteiger partial charge in [0.1, 0.15) is 11.3 Å². The predicted molar refractivity (Wildman–Crippen MR) is 120 cm³/mol. The van der Waals surface area contributed by atoms with E-state index in [1.807, 2.05) is 6.92 Å². The zero-order valence-electron chi connectivity index (χ0n) is 18.4. The third kappa shape index (κ3) is 4.72. The van der Waals surface area contributed by atoms with Crippen LogP contribution in [0.1, 0.15) is 49.8 Å². The maximum atomic E-state index is 13.6. The lowest BCUT2D eigenvalue weighted by Crippen LogP contribution is -2.40. The highest BCUT2D eigenvalue weighted by molar-refractivity contribution is 6.10. The number of pyridine rings is 1. The predicted octanol–water partition coefficient (Wildman–Crippen LogP) is 5.32. The Morgan fingerprint density at radius 3 is 2.67 bits per heavy atom. The molecule has 2 aromatic rings. The van der Waals surface area contributed by atoms with Gasteiger partial charge >= 0.3 is 6.18 Å². The van der Waals surface area contributed by atoms with Crippen molar-refractivity contribution in [3.8, 4) is 11.6 Å². The first kappa shape index (κ1) is 22.8. The second-order valence-corrected chi connectivity index (χ2v) is 8.36. The highest BCUT2D eigenvalue weighted by Crippen LogP contribution is 2.44. The number of benzene rings is 1. The molecule has 0 saturated heterocycles. The maximum Gasteiger partial charge on any atom is 0.421 e. The highest BCUT2D eigenvalue weighted by atomic mass is 19.4. The molecule has 2 aliphatic rings. The largest absolute Gasteiger partial charge is 0.437 e. The van der Waals surface area contributed by atoms with E-state index in [-0.39, 0.29) is 17.7 Å². The summed E-state index contributed by atoms with van der Waals surface area (Å²) < 4.78 is 46.8. The molecule has 33 heavy (non-hydrogen) atoms. The van der Waals surface area contributed by atoms with E-state index in [4.69, 9.17) is 10.1 Å². The molecule has 1 fully saturated rings. The average molecular weight is 458 g/mol. The molecule has 0 bridgehead atoms. The van der Waals surface area contributed by atoms with Gasteiger partial charge in [-0.2, -0.15) is 13.2 Å². The summed E-state index contributed by atoms with van der Waals surface area (Å²) in [6, 6.07) is 5.87. The number of fused-ring (bicyclic) bond motifs is 1. The van der Waals surface area contributed by atoms with Crippen molar-refractivity contribution in [2.75, 3.05) is 4.90 Å². The lowest BCUT2D eigenvalue weighted by Gasteiger charge is -2.36. The molecule has 2 N–H and O–H groups in total. The number of hydrogen-bond donors (Lipinski definition) is 2. The van der Waals surface area contributed by atoms with E-state index in [0.717, 1.165) is 25.1 Å². The molecule has 1 saturated carbocycles. The molecule has 1 aromatic heterocycles. The van der Waals surface area contributed by atoms with E-state index in [1.54, 1.807) is 23.2 Å². The molecular weight excluding hydrogens is 433 g/mol. The molecule has 1 amide bonds. The Morgan fingerprint density at radius 1 is 1.27 bits per heavy atom. The summed E-state index contributed by atoms with van der Waals surface area (Å²) in [5.74, 6) is -0.538. The van der Waals surface area contributed by atoms with Crippen LogP contribution in [0, 0.1) is 5.41 Å². The SMILES string of the molecule is CC(=O)N1c2ccc(/C(C=N)=C/NC3CC3)c(Oc3ncccc3C(F)(F)F)c2CCC1C. The number of aromatic nitrogens is 1. The van der Waals surface area contributed by atoms with Crippen LogP contribution in [0.5, 0.6) is 11.6 Å². The van der Waals surface area contributed by atoms with Gasteiger partial charge in [-0.1, -0.05) is 0 Å². The number of alkyl halides is 3. The normalized spacial score (nSPS) is 18.5. The van der Waals surface area contributed by atoms with E-state index < -0.39 is 17.6 Å². The van der Waals surface area contributed by atoms with E-state index in [1.165, 1.54) is 19.2 Å². The maximum absolute atomic E-state index is 13.6. The van der Waals surface area contributed by atoms with Crippen molar-refractivity contribution in [3.05, 3.63) is 53.4 Å². The van der Waals surface area contributed by atoms with E-state index in [0.29, 0.717) is 41.3 Å². The first-order chi connectivity index (χ1) is 15.7. The van der Waals surface area contributed by atoms with Gasteiger partial charge in [0.05, 0.1) is 5.69 Å². The standard InChI is InChI=1S/C24H25F3N4O2/c1-14-5-8-19-21(31(14)15(2)32)10-9-18(16(12-28)13-30-17-6-7-17)22(19)33-23-20(24(25,26)27)4-3-11-29-23/h3-4,9-14,17,28,30H,5-8H2,1-2H3/b16-13+,28-12?.